The van der Waals surface area contributed by atoms with Crippen molar-refractivity contribution in [2.24, 2.45) is 0 Å². The van der Waals surface area contributed by atoms with E-state index in [0.717, 1.165) is 12.1 Å². The van der Waals surface area contributed by atoms with E-state index < -0.39 is 28.0 Å². The first-order chi connectivity index (χ1) is 15.8. The molecule has 3 N–H and O–H groups in total. The molecule has 1 aromatic carbocycles. The number of hydrogen-bond acceptors (Lipinski definition) is 7. The Morgan fingerprint density at radius 3 is 2.38 bits per heavy atom. The third kappa shape index (κ3) is 4.97. The fourth-order valence-electron chi connectivity index (χ4n) is 4.19. The Balaban J connectivity index is 1.58. The fraction of sp³-hybridized carbons (Fsp3) is 0.524. The number of anilines is 2. The maximum atomic E-state index is 13.2. The Kier molecular flexibility index (Phi) is 6.48. The molecule has 34 heavy (non-hydrogen) atoms. The Bertz CT molecular complexity index is 1180. The van der Waals surface area contributed by atoms with Gasteiger partial charge in [-0.3, -0.25) is 0 Å². The molecule has 13 heteroatoms. The van der Waals surface area contributed by atoms with Gasteiger partial charge in [0.25, 0.3) is 10.2 Å². The standard InChI is InChI=1S/C21H28F3N7O2S/c1-13(15-8-16(21(22,23)24)10-17(25)9-15)26-20-18-11-31(12-19(18)27-14(2)28-20)34(32,33)30-6-4-29(3)5-7-30/h8-10,13H,4-7,11-12,25H2,1-3H3,(H,26,27,28)/t13-/m1/s1. The molecular weight excluding hydrogens is 471 g/mol. The van der Waals surface area contributed by atoms with Gasteiger partial charge >= 0.3 is 6.18 Å². The molecule has 186 valence electrons. The van der Waals surface area contributed by atoms with Crippen LogP contribution in [0.2, 0.25) is 0 Å². The molecule has 0 radical (unpaired) electrons. The maximum Gasteiger partial charge on any atom is 0.416 e. The Morgan fingerprint density at radius 2 is 1.74 bits per heavy atom. The minimum absolute atomic E-state index is 0.00650. The Morgan fingerprint density at radius 1 is 1.06 bits per heavy atom. The third-order valence-electron chi connectivity index (χ3n) is 6.14. The summed E-state index contributed by atoms with van der Waals surface area (Å²) in [5.74, 6) is 0.845. The summed E-state index contributed by atoms with van der Waals surface area (Å²) in [4.78, 5) is 10.9. The van der Waals surface area contributed by atoms with Crippen molar-refractivity contribution in [1.29, 1.82) is 0 Å². The lowest BCUT2D eigenvalue weighted by Crippen LogP contribution is -2.51. The van der Waals surface area contributed by atoms with E-state index in [1.165, 1.54) is 14.7 Å². The van der Waals surface area contributed by atoms with Crippen molar-refractivity contribution in [3.05, 3.63) is 46.4 Å². The molecule has 2 aromatic rings. The van der Waals surface area contributed by atoms with Crippen molar-refractivity contribution in [3.8, 4) is 0 Å². The van der Waals surface area contributed by atoms with Gasteiger partial charge in [-0.1, -0.05) is 0 Å². The van der Waals surface area contributed by atoms with Crippen LogP contribution < -0.4 is 11.1 Å². The van der Waals surface area contributed by atoms with E-state index in [-0.39, 0.29) is 18.8 Å². The van der Waals surface area contributed by atoms with Gasteiger partial charge in [0.15, 0.2) is 0 Å². The monoisotopic (exact) mass is 499 g/mol. The SMILES string of the molecule is Cc1nc2c(c(N[C@H](C)c3cc(N)cc(C(F)(F)F)c3)n1)CN(S(=O)(=O)N1CCN(C)CC1)C2. The summed E-state index contributed by atoms with van der Waals surface area (Å²) in [5.41, 5.74) is 6.44. The number of alkyl halides is 3. The predicted octanol–water partition coefficient (Wildman–Crippen LogP) is 2.37. The lowest BCUT2D eigenvalue weighted by Gasteiger charge is -2.33. The first-order valence-corrected chi connectivity index (χ1v) is 12.3. The molecule has 0 aliphatic carbocycles. The lowest BCUT2D eigenvalue weighted by molar-refractivity contribution is -0.137. The number of nitrogens with two attached hydrogens (primary N) is 1. The van der Waals surface area contributed by atoms with E-state index in [4.69, 9.17) is 5.73 Å². The smallest absolute Gasteiger partial charge is 0.399 e. The summed E-state index contributed by atoms with van der Waals surface area (Å²) in [6, 6.07) is 2.85. The molecule has 0 bridgehead atoms. The second kappa shape index (κ2) is 8.95. The number of fused-ring (bicyclic) bond motifs is 1. The topological polar surface area (TPSA) is 108 Å². The number of rotatable bonds is 5. The highest BCUT2D eigenvalue weighted by Crippen LogP contribution is 2.35. The van der Waals surface area contributed by atoms with Crippen LogP contribution in [0.4, 0.5) is 24.7 Å². The zero-order valence-electron chi connectivity index (χ0n) is 19.2. The van der Waals surface area contributed by atoms with Crippen molar-refractivity contribution in [2.45, 2.75) is 39.2 Å². The van der Waals surface area contributed by atoms with Gasteiger partial charge < -0.3 is 16.0 Å². The number of aromatic nitrogens is 2. The van der Waals surface area contributed by atoms with Crippen LogP contribution in [0.3, 0.4) is 0 Å². The van der Waals surface area contributed by atoms with Gasteiger partial charge in [0.2, 0.25) is 0 Å². The Labute approximate surface area is 196 Å². The quantitative estimate of drug-likeness (QED) is 0.608. The van der Waals surface area contributed by atoms with Crippen LogP contribution in [0.5, 0.6) is 0 Å². The molecule has 0 saturated carbocycles. The second-order valence-corrected chi connectivity index (χ2v) is 10.7. The number of likely N-dealkylation sites (N-methyl/N-ethyl adjacent to an activating group) is 1. The molecule has 4 rings (SSSR count). The summed E-state index contributed by atoms with van der Waals surface area (Å²) < 4.78 is 69.0. The van der Waals surface area contributed by atoms with Crippen molar-refractivity contribution in [1.82, 2.24) is 23.5 Å². The number of halogens is 3. The number of nitrogens with one attached hydrogen (secondary N) is 1. The van der Waals surface area contributed by atoms with E-state index in [1.54, 1.807) is 13.8 Å². The first kappa shape index (κ1) is 24.6. The molecule has 0 spiro atoms. The van der Waals surface area contributed by atoms with Crippen LogP contribution in [-0.4, -0.2) is 65.1 Å². The normalized spacial score (nSPS) is 19.2. The van der Waals surface area contributed by atoms with Crippen LogP contribution in [0.15, 0.2) is 18.2 Å². The highest BCUT2D eigenvalue weighted by molar-refractivity contribution is 7.86. The van der Waals surface area contributed by atoms with Crippen molar-refractivity contribution in [3.63, 3.8) is 0 Å². The van der Waals surface area contributed by atoms with Crippen LogP contribution in [0, 0.1) is 6.92 Å². The summed E-state index contributed by atoms with van der Waals surface area (Å²) in [6.45, 7) is 5.73. The molecule has 0 amide bonds. The molecule has 3 heterocycles. The van der Waals surface area contributed by atoms with E-state index in [2.05, 4.69) is 20.2 Å². The van der Waals surface area contributed by atoms with Crippen LogP contribution in [0.1, 0.15) is 41.2 Å². The van der Waals surface area contributed by atoms with Gasteiger partial charge in [0.05, 0.1) is 23.8 Å². The van der Waals surface area contributed by atoms with Crippen LogP contribution in [0.25, 0.3) is 0 Å². The molecule has 2 aliphatic heterocycles. The number of aryl methyl sites for hydroxylation is 1. The van der Waals surface area contributed by atoms with Crippen molar-refractivity contribution >= 4 is 21.7 Å². The van der Waals surface area contributed by atoms with Gasteiger partial charge in [0.1, 0.15) is 11.6 Å². The summed E-state index contributed by atoms with van der Waals surface area (Å²) >= 11 is 0. The fourth-order valence-corrected chi connectivity index (χ4v) is 5.72. The molecule has 9 nitrogen and oxygen atoms in total. The van der Waals surface area contributed by atoms with Gasteiger partial charge in [-0.25, -0.2) is 9.97 Å². The van der Waals surface area contributed by atoms with Gasteiger partial charge in [-0.2, -0.15) is 30.2 Å². The Hall–Kier alpha value is -2.48. The highest BCUT2D eigenvalue weighted by Gasteiger charge is 2.38. The molecular formula is C21H28F3N7O2S. The second-order valence-electron chi connectivity index (χ2n) is 8.77. The largest absolute Gasteiger partial charge is 0.416 e. The minimum atomic E-state index is -4.52. The van der Waals surface area contributed by atoms with E-state index in [9.17, 15) is 21.6 Å². The zero-order chi connectivity index (χ0) is 24.8. The minimum Gasteiger partial charge on any atom is -0.399 e. The van der Waals surface area contributed by atoms with Crippen molar-refractivity contribution < 1.29 is 21.6 Å². The third-order valence-corrected chi connectivity index (χ3v) is 8.07. The van der Waals surface area contributed by atoms with E-state index >= 15 is 0 Å². The van der Waals surface area contributed by atoms with Crippen molar-refractivity contribution in [2.75, 3.05) is 44.3 Å². The number of benzene rings is 1. The molecule has 1 aromatic heterocycles. The molecule has 1 atom stereocenters. The molecule has 0 unspecified atom stereocenters. The number of nitrogens with zero attached hydrogens (tertiary/aromatic N) is 5. The van der Waals surface area contributed by atoms with Crippen LogP contribution in [-0.2, 0) is 29.5 Å². The maximum absolute atomic E-state index is 13.2. The van der Waals surface area contributed by atoms with Crippen LogP contribution >= 0.6 is 0 Å². The molecule has 1 fully saturated rings. The number of piperazine rings is 1. The van der Waals surface area contributed by atoms with Gasteiger partial charge in [-0.15, -0.1) is 0 Å². The van der Waals surface area contributed by atoms with E-state index in [1.807, 2.05) is 7.05 Å². The van der Waals surface area contributed by atoms with Gasteiger partial charge in [0, 0.05) is 44.0 Å². The summed E-state index contributed by atoms with van der Waals surface area (Å²) in [6.07, 6.45) is -4.52. The molecule has 2 aliphatic rings. The first-order valence-electron chi connectivity index (χ1n) is 10.9. The highest BCUT2D eigenvalue weighted by atomic mass is 32.2. The average molecular weight is 500 g/mol. The predicted molar refractivity (Wildman–Crippen MR) is 122 cm³/mol. The van der Waals surface area contributed by atoms with E-state index in [0.29, 0.717) is 54.6 Å². The average Bonchev–Trinajstić information content (AvgIpc) is 3.18. The summed E-state index contributed by atoms with van der Waals surface area (Å²) in [5, 5.41) is 3.15. The number of hydrogen-bond donors (Lipinski definition) is 2. The zero-order valence-corrected chi connectivity index (χ0v) is 20.0. The number of nitrogen functional groups attached to an aromatic ring is 1. The molecule has 1 saturated heterocycles. The van der Waals surface area contributed by atoms with Gasteiger partial charge in [-0.05, 0) is 44.7 Å². The summed E-state index contributed by atoms with van der Waals surface area (Å²) in [7, 11) is -1.74. The lowest BCUT2D eigenvalue weighted by atomic mass is 10.0.